The number of nitrogens with zero attached hydrogens (tertiary/aromatic N) is 4. The molecule has 2 aromatic heterocycles. The first-order chi connectivity index (χ1) is 37.3. The molecule has 2 fully saturated rings. The second kappa shape index (κ2) is 34.2. The van der Waals surface area contributed by atoms with Crippen molar-refractivity contribution in [1.29, 1.82) is 0 Å². The Labute approximate surface area is 464 Å². The number of carbonyl (C=O) groups excluding carboxylic acids is 3. The van der Waals surface area contributed by atoms with Crippen molar-refractivity contribution in [2.24, 2.45) is 5.41 Å². The van der Waals surface area contributed by atoms with Crippen molar-refractivity contribution >= 4 is 69.1 Å². The number of hydrogen-bond donors (Lipinski definition) is 7. The molecule has 0 radical (unpaired) electrons. The van der Waals surface area contributed by atoms with Gasteiger partial charge in [0.1, 0.15) is 42.4 Å². The van der Waals surface area contributed by atoms with Gasteiger partial charge in [0, 0.05) is 50.1 Å². The van der Waals surface area contributed by atoms with E-state index in [1.165, 1.54) is 84.5 Å². The molecule has 11 atom stereocenters. The molecule has 28 nitrogen and oxygen atoms in total. The van der Waals surface area contributed by atoms with Crippen LogP contribution in [0.5, 0.6) is 0 Å². The summed E-state index contributed by atoms with van der Waals surface area (Å²) in [4.78, 5) is 97.2. The smallest absolute Gasteiger partial charge is 0.274 e. The third-order valence-corrected chi connectivity index (χ3v) is 17.2. The minimum atomic E-state index is -5.93. The fraction of sp³-hybridized carbons (Fsp3) is 0.830. The summed E-state index contributed by atoms with van der Waals surface area (Å²) in [6.45, 7) is 2.47. The van der Waals surface area contributed by atoms with Gasteiger partial charge in [-0.2, -0.15) is 0 Å². The number of thioether (sulfide) groups is 1. The number of nitrogen functional groups attached to an aromatic ring is 1. The van der Waals surface area contributed by atoms with Gasteiger partial charge in [-0.05, 0) is 19.8 Å². The molecule has 0 spiro atoms. The number of ether oxygens (including phenoxy) is 3. The maximum atomic E-state index is 12.7. The molecule has 79 heavy (non-hydrogen) atoms. The fourth-order valence-corrected chi connectivity index (χ4v) is 12.1. The third-order valence-electron chi connectivity index (χ3n) is 13.2. The molecular formula is C47H80N7O21P3S-4. The van der Waals surface area contributed by atoms with Crippen LogP contribution in [0, 0.1) is 5.41 Å². The quantitative estimate of drug-likeness (QED) is 0.0371. The summed E-state index contributed by atoms with van der Waals surface area (Å²) in [5.41, 5.74) is 4.08. The van der Waals surface area contributed by atoms with Crippen molar-refractivity contribution in [2.75, 3.05) is 44.4 Å². The largest absolute Gasteiger partial charge is 0.790 e. The Morgan fingerprint density at radius 1 is 0.810 bits per heavy atom. The van der Waals surface area contributed by atoms with E-state index < -0.39 is 103 Å². The number of nitrogens with two attached hydrogens (primary N) is 1. The van der Waals surface area contributed by atoms with Crippen molar-refractivity contribution in [3.05, 3.63) is 12.7 Å². The van der Waals surface area contributed by atoms with Crippen molar-refractivity contribution in [2.45, 2.75) is 204 Å². The highest BCUT2D eigenvalue weighted by atomic mass is 32.2. The Bertz CT molecular complexity index is 2320. The molecule has 2 saturated heterocycles. The molecule has 4 rings (SSSR count). The van der Waals surface area contributed by atoms with E-state index in [-0.39, 0.29) is 54.1 Å². The molecule has 32 heteroatoms. The minimum Gasteiger partial charge on any atom is -0.790 e. The zero-order valence-electron chi connectivity index (χ0n) is 45.1. The highest BCUT2D eigenvalue weighted by molar-refractivity contribution is 8.13. The number of aromatic nitrogens is 4. The van der Waals surface area contributed by atoms with Crippen LogP contribution >= 0.6 is 35.2 Å². The number of phosphoric ester groups is 3. The molecule has 8 N–H and O–H groups in total. The Morgan fingerprint density at radius 3 is 2.00 bits per heavy atom. The molecule has 454 valence electrons. The molecule has 0 bridgehead atoms. The Hall–Kier alpha value is -2.60. The van der Waals surface area contributed by atoms with Crippen LogP contribution < -0.4 is 35.9 Å². The molecule has 0 aromatic carbocycles. The van der Waals surface area contributed by atoms with Gasteiger partial charge in [-0.1, -0.05) is 122 Å². The Kier molecular flexibility index (Phi) is 29.9. The van der Waals surface area contributed by atoms with Gasteiger partial charge in [0.25, 0.3) is 15.6 Å². The predicted molar refractivity (Wildman–Crippen MR) is 278 cm³/mol. The topological polar surface area (TPSA) is 434 Å². The van der Waals surface area contributed by atoms with Crippen LogP contribution in [0.2, 0.25) is 0 Å². The summed E-state index contributed by atoms with van der Waals surface area (Å²) in [6, 6.07) is 0. The zero-order chi connectivity index (χ0) is 58.2. The average molecular weight is 1200 g/mol. The molecule has 2 amide bonds. The van der Waals surface area contributed by atoms with Crippen LogP contribution in [0.15, 0.2) is 12.7 Å². The van der Waals surface area contributed by atoms with Crippen LogP contribution in [-0.4, -0.2) is 145 Å². The van der Waals surface area contributed by atoms with E-state index in [9.17, 15) is 68.1 Å². The summed E-state index contributed by atoms with van der Waals surface area (Å²) < 4.78 is 72.2. The minimum absolute atomic E-state index is 0.0224. The molecule has 0 aliphatic carbocycles. The lowest BCUT2D eigenvalue weighted by atomic mass is 9.87. The van der Waals surface area contributed by atoms with Crippen molar-refractivity contribution in [3.8, 4) is 0 Å². The summed E-state index contributed by atoms with van der Waals surface area (Å²) in [5.74, 6) is -1.17. The number of aliphatic hydroxyl groups excluding tert-OH is 4. The van der Waals surface area contributed by atoms with Crippen molar-refractivity contribution in [1.82, 2.24) is 30.2 Å². The van der Waals surface area contributed by atoms with Gasteiger partial charge < -0.3 is 88.7 Å². The summed E-state index contributed by atoms with van der Waals surface area (Å²) in [5, 5.41) is 46.3. The highest BCUT2D eigenvalue weighted by Gasteiger charge is 2.47. The second-order valence-electron chi connectivity index (χ2n) is 20.4. The standard InChI is InChI=1S/C47H84N7O21P3S/c1-32-33(55)27-34(56)46(72-32)69-25-20-18-16-14-12-10-8-6-4-5-7-9-11-13-15-17-19-21-37(58)79-26-24-49-36(57)22-23-50-44(61)41(60)47(2,3)29-71-78(67,68)75-77(65,66)70-28-35-40(74-76(62,63)64)39(59)45(73-35)54-31-53-38-42(48)51-30-52-43(38)54/h30-35,39-41,45-46,55-56,59-60H,4-29H2,1-3H3,(H,49,57)(H,50,61)(H,65,66)(H,67,68)(H2,48,51,52)(H2,62,63,64)/p-4/t32-,33+,34+,35+,39+,40+,41-,45+,46+/m0/s1. The highest BCUT2D eigenvalue weighted by Crippen LogP contribution is 2.56. The lowest BCUT2D eigenvalue weighted by Crippen LogP contribution is -2.47. The number of fused-ring (bicyclic) bond motifs is 1. The van der Waals surface area contributed by atoms with Gasteiger partial charge in [-0.15, -0.1) is 0 Å². The number of phosphoric acid groups is 3. The molecule has 0 saturated carbocycles. The number of imidazole rings is 1. The molecule has 2 unspecified atom stereocenters. The number of carbonyl (C=O) groups is 3. The van der Waals surface area contributed by atoms with Gasteiger partial charge in [-0.25, -0.2) is 19.3 Å². The van der Waals surface area contributed by atoms with Crippen molar-refractivity contribution < 1.29 is 100 Å². The summed E-state index contributed by atoms with van der Waals surface area (Å²) >= 11 is 1.13. The van der Waals surface area contributed by atoms with Gasteiger partial charge >= 0.3 is 0 Å². The Balaban J connectivity index is 0.962. The maximum Gasteiger partial charge on any atom is 0.274 e. The number of aliphatic hydroxyl groups is 4. The van der Waals surface area contributed by atoms with Crippen LogP contribution in [0.1, 0.15) is 155 Å². The average Bonchev–Trinajstić information content (AvgIpc) is 4.03. The van der Waals surface area contributed by atoms with E-state index in [4.69, 9.17) is 19.9 Å². The molecule has 2 aromatic rings. The number of unbranched alkanes of at least 4 members (excludes halogenated alkanes) is 16. The first kappa shape index (κ1) is 68.9. The number of amides is 2. The summed E-state index contributed by atoms with van der Waals surface area (Å²) in [7, 11) is -17.6. The van der Waals surface area contributed by atoms with Gasteiger partial charge in [0.05, 0.1) is 39.6 Å². The number of rotatable bonds is 40. The lowest BCUT2D eigenvalue weighted by Gasteiger charge is -2.36. The van der Waals surface area contributed by atoms with Crippen LogP contribution in [0.4, 0.5) is 5.82 Å². The van der Waals surface area contributed by atoms with E-state index in [2.05, 4.69) is 43.5 Å². The monoisotopic (exact) mass is 1200 g/mol. The van der Waals surface area contributed by atoms with Gasteiger partial charge in [-0.3, -0.25) is 28.1 Å². The van der Waals surface area contributed by atoms with Crippen LogP contribution in [-0.2, 0) is 60.2 Å². The zero-order valence-corrected chi connectivity index (χ0v) is 48.6. The van der Waals surface area contributed by atoms with Gasteiger partial charge in [0.15, 0.2) is 29.1 Å². The molecule has 2 aliphatic heterocycles. The fourth-order valence-electron chi connectivity index (χ4n) is 8.66. The van der Waals surface area contributed by atoms with Crippen LogP contribution in [0.3, 0.4) is 0 Å². The predicted octanol–water partition coefficient (Wildman–Crippen LogP) is 2.03. The third kappa shape index (κ3) is 25.4. The second-order valence-corrected chi connectivity index (χ2v) is 25.6. The van der Waals surface area contributed by atoms with E-state index >= 15 is 0 Å². The van der Waals surface area contributed by atoms with Crippen molar-refractivity contribution in [3.63, 3.8) is 0 Å². The van der Waals surface area contributed by atoms with Gasteiger partial charge in [0.2, 0.25) is 11.8 Å². The number of hydrogen-bond acceptors (Lipinski definition) is 26. The number of anilines is 1. The summed E-state index contributed by atoms with van der Waals surface area (Å²) in [6.07, 6.45) is 10.5. The lowest BCUT2D eigenvalue weighted by molar-refractivity contribution is -0.347. The SMILES string of the molecule is C[C@@H]1O[C@@H](OCCCCCCCCCCCCCCCCCCCC(=O)SCCNC(=O)CCNC(=O)[C@H](O)C(C)(C)COP(=O)([O-])OP(=O)([O-])OC[C@H]2O[C@@H](n3cnc4c(N)ncnc43)[C@H](O)[C@@H]2OP(=O)([O-])[O-])[C@H](O)C[C@H]1O. The molecular weight excluding hydrogens is 1120 g/mol. The maximum absolute atomic E-state index is 12.7. The van der Waals surface area contributed by atoms with E-state index in [0.29, 0.717) is 18.8 Å². The first-order valence-electron chi connectivity index (χ1n) is 26.9. The first-order valence-corrected chi connectivity index (χ1v) is 32.3. The van der Waals surface area contributed by atoms with Crippen LogP contribution in [0.25, 0.3) is 11.2 Å². The van der Waals surface area contributed by atoms with E-state index in [1.54, 1.807) is 6.92 Å². The van der Waals surface area contributed by atoms with E-state index in [1.807, 2.05) is 0 Å². The molecule has 4 heterocycles. The Morgan fingerprint density at radius 2 is 1.39 bits per heavy atom. The van der Waals surface area contributed by atoms with E-state index in [0.717, 1.165) is 67.5 Å². The normalized spacial score (nSPS) is 23.8. The molecule has 2 aliphatic rings. The number of nitrogens with one attached hydrogen (secondary N) is 2.